The molecule has 0 aliphatic heterocycles. The highest BCUT2D eigenvalue weighted by Crippen LogP contribution is 2.10. The van der Waals surface area contributed by atoms with Crippen LogP contribution in [0.5, 0.6) is 0 Å². The van der Waals surface area contributed by atoms with Gasteiger partial charge in [-0.3, -0.25) is 0 Å². The van der Waals surface area contributed by atoms with E-state index in [-0.39, 0.29) is 0 Å². The summed E-state index contributed by atoms with van der Waals surface area (Å²) in [6.45, 7) is 2.12. The Hall–Kier alpha value is -1.35. The van der Waals surface area contributed by atoms with Gasteiger partial charge in [0.2, 0.25) is 0 Å². The molecule has 0 spiro atoms. The quantitative estimate of drug-likeness (QED) is 0.508. The maximum Gasteiger partial charge on any atom is 0.0387 e. The van der Waals surface area contributed by atoms with Crippen molar-refractivity contribution in [1.82, 2.24) is 5.32 Å². The molecule has 3 heteroatoms. The molecule has 3 nitrogen and oxygen atoms in total. The van der Waals surface area contributed by atoms with E-state index in [9.17, 15) is 0 Å². The van der Waals surface area contributed by atoms with Crippen LogP contribution in [0.3, 0.4) is 0 Å². The Morgan fingerprint density at radius 2 is 2.27 bits per heavy atom. The Balaban J connectivity index is 2.54. The van der Waals surface area contributed by atoms with E-state index in [1.165, 1.54) is 0 Å². The molecule has 1 atom stereocenters. The molecule has 0 saturated heterocycles. The van der Waals surface area contributed by atoms with Gasteiger partial charge in [0.25, 0.3) is 0 Å². The standard InChI is InChI=1S/C12H19N3/c1-9(15-2)6-7-12(14)10-4-3-5-11(13)8-10/h3-5,8-9,14-15H,6-7,13H2,1-2H3/t9-/m0/s1. The summed E-state index contributed by atoms with van der Waals surface area (Å²) in [5.41, 5.74) is 7.98. The molecule has 0 heterocycles. The molecule has 0 aromatic heterocycles. The second-order valence-electron chi connectivity index (χ2n) is 3.83. The van der Waals surface area contributed by atoms with Gasteiger partial charge in [0, 0.05) is 17.4 Å². The molecule has 4 N–H and O–H groups in total. The lowest BCUT2D eigenvalue weighted by Crippen LogP contribution is -2.21. The van der Waals surface area contributed by atoms with Crippen LogP contribution >= 0.6 is 0 Å². The van der Waals surface area contributed by atoms with E-state index in [0.29, 0.717) is 11.8 Å². The molecule has 0 fully saturated rings. The lowest BCUT2D eigenvalue weighted by Gasteiger charge is -2.10. The van der Waals surface area contributed by atoms with Crippen LogP contribution in [0.4, 0.5) is 5.69 Å². The highest BCUT2D eigenvalue weighted by molar-refractivity contribution is 5.98. The summed E-state index contributed by atoms with van der Waals surface area (Å²) in [4.78, 5) is 0. The van der Waals surface area contributed by atoms with Crippen molar-refractivity contribution in [1.29, 1.82) is 5.41 Å². The van der Waals surface area contributed by atoms with Crippen LogP contribution in [0, 0.1) is 5.41 Å². The van der Waals surface area contributed by atoms with E-state index >= 15 is 0 Å². The van der Waals surface area contributed by atoms with Crippen molar-refractivity contribution in [2.75, 3.05) is 12.8 Å². The summed E-state index contributed by atoms with van der Waals surface area (Å²) in [5.74, 6) is 0. The molecule has 0 aliphatic rings. The first kappa shape index (κ1) is 11.7. The van der Waals surface area contributed by atoms with Gasteiger partial charge in [0.1, 0.15) is 0 Å². The van der Waals surface area contributed by atoms with Gasteiger partial charge in [-0.05, 0) is 44.5 Å². The second-order valence-corrected chi connectivity index (χ2v) is 3.83. The predicted molar refractivity (Wildman–Crippen MR) is 65.4 cm³/mol. The van der Waals surface area contributed by atoms with Crippen molar-refractivity contribution in [3.05, 3.63) is 29.8 Å². The maximum absolute atomic E-state index is 7.91. The van der Waals surface area contributed by atoms with Crippen LogP contribution in [0.15, 0.2) is 24.3 Å². The molecule has 0 bridgehead atoms. The molecule has 0 saturated carbocycles. The molecule has 0 unspecified atom stereocenters. The zero-order chi connectivity index (χ0) is 11.3. The Labute approximate surface area is 91.2 Å². The van der Waals surface area contributed by atoms with Crippen molar-refractivity contribution in [3.8, 4) is 0 Å². The highest BCUT2D eigenvalue weighted by Gasteiger charge is 2.04. The Morgan fingerprint density at radius 3 is 2.87 bits per heavy atom. The molecule has 1 aromatic carbocycles. The third kappa shape index (κ3) is 3.72. The third-order valence-corrected chi connectivity index (χ3v) is 2.56. The van der Waals surface area contributed by atoms with Crippen LogP contribution in [0.2, 0.25) is 0 Å². The minimum Gasteiger partial charge on any atom is -0.399 e. The van der Waals surface area contributed by atoms with Crippen LogP contribution < -0.4 is 11.1 Å². The second kappa shape index (κ2) is 5.51. The minimum atomic E-state index is 0.450. The van der Waals surface area contributed by atoms with Crippen LogP contribution in [0.1, 0.15) is 25.3 Å². The fourth-order valence-corrected chi connectivity index (χ4v) is 1.38. The highest BCUT2D eigenvalue weighted by atomic mass is 14.8. The number of nitrogens with one attached hydrogen (secondary N) is 2. The van der Waals surface area contributed by atoms with E-state index < -0.39 is 0 Å². The molecular formula is C12H19N3. The van der Waals surface area contributed by atoms with E-state index in [0.717, 1.165) is 24.1 Å². The number of nitrogens with two attached hydrogens (primary N) is 1. The minimum absolute atomic E-state index is 0.450. The maximum atomic E-state index is 7.91. The number of hydrogen-bond donors (Lipinski definition) is 3. The van der Waals surface area contributed by atoms with E-state index in [1.54, 1.807) is 0 Å². The third-order valence-electron chi connectivity index (χ3n) is 2.56. The smallest absolute Gasteiger partial charge is 0.0387 e. The largest absolute Gasteiger partial charge is 0.399 e. The van der Waals surface area contributed by atoms with Gasteiger partial charge < -0.3 is 16.5 Å². The molecule has 0 radical (unpaired) electrons. The van der Waals surface area contributed by atoms with E-state index in [4.69, 9.17) is 11.1 Å². The summed E-state index contributed by atoms with van der Waals surface area (Å²) >= 11 is 0. The zero-order valence-corrected chi connectivity index (χ0v) is 9.38. The predicted octanol–water partition coefficient (Wildman–Crippen LogP) is 2.02. The van der Waals surface area contributed by atoms with Crippen molar-refractivity contribution in [2.24, 2.45) is 0 Å². The summed E-state index contributed by atoms with van der Waals surface area (Å²) in [7, 11) is 1.94. The summed E-state index contributed by atoms with van der Waals surface area (Å²) in [6, 6.07) is 7.97. The van der Waals surface area contributed by atoms with Gasteiger partial charge in [0.15, 0.2) is 0 Å². The summed E-state index contributed by atoms with van der Waals surface area (Å²) in [6.07, 6.45) is 1.76. The Morgan fingerprint density at radius 1 is 1.53 bits per heavy atom. The number of rotatable bonds is 5. The Kier molecular flexibility index (Phi) is 4.31. The molecule has 1 rings (SSSR count). The average molecular weight is 205 g/mol. The van der Waals surface area contributed by atoms with Gasteiger partial charge in [-0.2, -0.15) is 0 Å². The lowest BCUT2D eigenvalue weighted by molar-refractivity contribution is 0.577. The first-order chi connectivity index (χ1) is 7.13. The van der Waals surface area contributed by atoms with Crippen LogP contribution in [-0.2, 0) is 0 Å². The first-order valence-corrected chi connectivity index (χ1v) is 5.24. The molecule has 15 heavy (non-hydrogen) atoms. The van der Waals surface area contributed by atoms with E-state index in [1.807, 2.05) is 31.3 Å². The zero-order valence-electron chi connectivity index (χ0n) is 9.38. The van der Waals surface area contributed by atoms with Gasteiger partial charge in [-0.25, -0.2) is 0 Å². The fourth-order valence-electron chi connectivity index (χ4n) is 1.38. The van der Waals surface area contributed by atoms with Crippen LogP contribution in [0.25, 0.3) is 0 Å². The number of anilines is 1. The van der Waals surface area contributed by atoms with E-state index in [2.05, 4.69) is 12.2 Å². The van der Waals surface area contributed by atoms with Crippen molar-refractivity contribution >= 4 is 11.4 Å². The number of hydrogen-bond acceptors (Lipinski definition) is 3. The first-order valence-electron chi connectivity index (χ1n) is 5.24. The van der Waals surface area contributed by atoms with Crippen molar-refractivity contribution in [3.63, 3.8) is 0 Å². The number of nitrogen functional groups attached to an aromatic ring is 1. The van der Waals surface area contributed by atoms with Crippen molar-refractivity contribution < 1.29 is 0 Å². The molecular weight excluding hydrogens is 186 g/mol. The monoisotopic (exact) mass is 205 g/mol. The molecule has 82 valence electrons. The molecule has 0 aliphatic carbocycles. The summed E-state index contributed by atoms with van der Waals surface area (Å²) in [5, 5.41) is 11.1. The van der Waals surface area contributed by atoms with Gasteiger partial charge >= 0.3 is 0 Å². The Bertz CT molecular complexity index is 333. The molecule has 0 amide bonds. The topological polar surface area (TPSA) is 61.9 Å². The SMILES string of the molecule is CN[C@@H](C)CCC(=N)c1cccc(N)c1. The fraction of sp³-hybridized carbons (Fsp3) is 0.417. The van der Waals surface area contributed by atoms with Crippen LogP contribution in [-0.4, -0.2) is 18.8 Å². The lowest BCUT2D eigenvalue weighted by atomic mass is 10.0. The average Bonchev–Trinajstić information content (AvgIpc) is 2.25. The number of benzene rings is 1. The normalized spacial score (nSPS) is 12.4. The molecule has 1 aromatic rings. The van der Waals surface area contributed by atoms with Gasteiger partial charge in [-0.15, -0.1) is 0 Å². The van der Waals surface area contributed by atoms with Gasteiger partial charge in [-0.1, -0.05) is 12.1 Å². The summed E-state index contributed by atoms with van der Waals surface area (Å²) < 4.78 is 0. The van der Waals surface area contributed by atoms with Crippen molar-refractivity contribution in [2.45, 2.75) is 25.8 Å². The van der Waals surface area contributed by atoms with Gasteiger partial charge in [0.05, 0.1) is 0 Å².